The summed E-state index contributed by atoms with van der Waals surface area (Å²) in [6.45, 7) is 2.19. The molecule has 0 aliphatic heterocycles. The van der Waals surface area contributed by atoms with Crippen LogP contribution in [0.2, 0.25) is 0 Å². The zero-order valence-electron chi connectivity index (χ0n) is 11.5. The first-order valence-electron chi connectivity index (χ1n) is 6.96. The molecule has 106 valence electrons. The fourth-order valence-corrected chi connectivity index (χ4v) is 2.96. The number of benzene rings is 1. The summed E-state index contributed by atoms with van der Waals surface area (Å²) in [5, 5.41) is 4.02. The van der Waals surface area contributed by atoms with E-state index in [4.69, 9.17) is 10.3 Å². The molecule has 3 rings (SSSR count). The van der Waals surface area contributed by atoms with E-state index in [0.29, 0.717) is 23.2 Å². The van der Waals surface area contributed by atoms with Gasteiger partial charge in [0.2, 0.25) is 0 Å². The Hall–Kier alpha value is -1.75. The zero-order valence-corrected chi connectivity index (χ0v) is 11.5. The lowest BCUT2D eigenvalue weighted by Gasteiger charge is -2.33. The first-order valence-corrected chi connectivity index (χ1v) is 6.96. The van der Waals surface area contributed by atoms with Gasteiger partial charge in [-0.3, -0.25) is 0 Å². The highest BCUT2D eigenvalue weighted by Gasteiger charge is 2.37. The van der Waals surface area contributed by atoms with Gasteiger partial charge in [-0.2, -0.15) is 4.98 Å². The first kappa shape index (κ1) is 13.2. The Morgan fingerprint density at radius 2 is 2.30 bits per heavy atom. The van der Waals surface area contributed by atoms with Gasteiger partial charge >= 0.3 is 0 Å². The lowest BCUT2D eigenvalue weighted by atomic mass is 9.76. The molecule has 2 atom stereocenters. The van der Waals surface area contributed by atoms with Crippen molar-refractivity contribution in [1.29, 1.82) is 0 Å². The summed E-state index contributed by atoms with van der Waals surface area (Å²) >= 11 is 0. The Bertz CT molecular complexity index is 613. The van der Waals surface area contributed by atoms with E-state index in [2.05, 4.69) is 17.1 Å². The van der Waals surface area contributed by atoms with E-state index >= 15 is 0 Å². The number of nitrogens with zero attached hydrogens (tertiary/aromatic N) is 2. The van der Waals surface area contributed by atoms with E-state index in [0.717, 1.165) is 19.3 Å². The van der Waals surface area contributed by atoms with Crippen LogP contribution in [0.25, 0.3) is 11.5 Å². The third-order valence-electron chi connectivity index (χ3n) is 3.98. The van der Waals surface area contributed by atoms with Crippen LogP contribution in [0.4, 0.5) is 4.39 Å². The minimum Gasteiger partial charge on any atom is -0.334 e. The summed E-state index contributed by atoms with van der Waals surface area (Å²) in [6, 6.07) is 6.13. The van der Waals surface area contributed by atoms with Gasteiger partial charge in [-0.15, -0.1) is 0 Å². The summed E-state index contributed by atoms with van der Waals surface area (Å²) in [5.74, 6) is 1.09. The summed E-state index contributed by atoms with van der Waals surface area (Å²) in [7, 11) is 0. The number of nitrogens with two attached hydrogens (primary N) is 1. The van der Waals surface area contributed by atoms with Gasteiger partial charge in [0.25, 0.3) is 5.89 Å². The predicted octanol–water partition coefficient (Wildman–Crippen LogP) is 3.24. The summed E-state index contributed by atoms with van der Waals surface area (Å²) in [5.41, 5.74) is 6.49. The van der Waals surface area contributed by atoms with Gasteiger partial charge in [-0.05, 0) is 37.0 Å². The van der Waals surface area contributed by atoms with Gasteiger partial charge < -0.3 is 10.3 Å². The highest BCUT2D eigenvalue weighted by molar-refractivity contribution is 5.52. The van der Waals surface area contributed by atoms with Gasteiger partial charge in [-0.1, -0.05) is 31.0 Å². The molecule has 1 fully saturated rings. The minimum absolute atomic E-state index is 0.322. The predicted molar refractivity (Wildman–Crippen MR) is 73.2 cm³/mol. The molecule has 2 N–H and O–H groups in total. The van der Waals surface area contributed by atoms with Crippen LogP contribution in [0, 0.1) is 11.7 Å². The van der Waals surface area contributed by atoms with E-state index in [-0.39, 0.29) is 5.82 Å². The highest BCUT2D eigenvalue weighted by Crippen LogP contribution is 2.37. The molecule has 1 aromatic carbocycles. The molecule has 0 radical (unpaired) electrons. The molecular weight excluding hydrogens is 257 g/mol. The summed E-state index contributed by atoms with van der Waals surface area (Å²) < 4.78 is 18.5. The molecule has 1 aromatic heterocycles. The molecule has 0 spiro atoms. The number of aromatic nitrogens is 2. The van der Waals surface area contributed by atoms with Crippen molar-refractivity contribution in [2.24, 2.45) is 11.7 Å². The number of halogens is 1. The van der Waals surface area contributed by atoms with Crippen LogP contribution in [-0.2, 0) is 5.54 Å². The molecular formula is C15H18FN3O. The first-order chi connectivity index (χ1) is 9.57. The van der Waals surface area contributed by atoms with E-state index < -0.39 is 5.54 Å². The van der Waals surface area contributed by atoms with Crippen molar-refractivity contribution in [2.45, 2.75) is 38.1 Å². The molecule has 4 nitrogen and oxygen atoms in total. The van der Waals surface area contributed by atoms with Crippen molar-refractivity contribution in [3.8, 4) is 11.5 Å². The fraction of sp³-hybridized carbons (Fsp3) is 0.467. The molecule has 1 aliphatic rings. The smallest absolute Gasteiger partial charge is 0.258 e. The average Bonchev–Trinajstić information content (AvgIpc) is 2.88. The largest absolute Gasteiger partial charge is 0.334 e. The Morgan fingerprint density at radius 1 is 1.45 bits per heavy atom. The van der Waals surface area contributed by atoms with Crippen LogP contribution in [-0.4, -0.2) is 10.1 Å². The molecule has 20 heavy (non-hydrogen) atoms. The van der Waals surface area contributed by atoms with Crippen molar-refractivity contribution in [1.82, 2.24) is 10.1 Å². The highest BCUT2D eigenvalue weighted by atomic mass is 19.1. The molecule has 0 bridgehead atoms. The van der Waals surface area contributed by atoms with Gasteiger partial charge in [0.1, 0.15) is 5.82 Å². The average molecular weight is 275 g/mol. The fourth-order valence-electron chi connectivity index (χ4n) is 2.96. The molecule has 0 saturated heterocycles. The van der Waals surface area contributed by atoms with Crippen LogP contribution >= 0.6 is 0 Å². The van der Waals surface area contributed by atoms with E-state index in [9.17, 15) is 4.39 Å². The Labute approximate surface area is 117 Å². The Balaban J connectivity index is 1.90. The molecule has 1 saturated carbocycles. The van der Waals surface area contributed by atoms with Crippen LogP contribution < -0.4 is 5.73 Å². The Morgan fingerprint density at radius 3 is 3.05 bits per heavy atom. The Kier molecular flexibility index (Phi) is 3.30. The molecule has 5 heteroatoms. The lowest BCUT2D eigenvalue weighted by Crippen LogP contribution is -2.42. The second kappa shape index (κ2) is 4.98. The van der Waals surface area contributed by atoms with Crippen molar-refractivity contribution >= 4 is 0 Å². The van der Waals surface area contributed by atoms with Crippen molar-refractivity contribution in [3.05, 3.63) is 35.9 Å². The molecule has 1 heterocycles. The molecule has 2 aromatic rings. The molecule has 1 aliphatic carbocycles. The van der Waals surface area contributed by atoms with Gasteiger partial charge in [-0.25, -0.2) is 4.39 Å². The van der Waals surface area contributed by atoms with E-state index in [1.165, 1.54) is 18.6 Å². The van der Waals surface area contributed by atoms with Crippen molar-refractivity contribution in [2.75, 3.05) is 0 Å². The van der Waals surface area contributed by atoms with Crippen molar-refractivity contribution in [3.63, 3.8) is 0 Å². The normalized spacial score (nSPS) is 26.6. The number of hydrogen-bond acceptors (Lipinski definition) is 4. The van der Waals surface area contributed by atoms with E-state index in [1.807, 2.05) is 0 Å². The molecule has 2 unspecified atom stereocenters. The SMILES string of the molecule is CC1CCCC(N)(c2noc(-c3cccc(F)c3)n2)C1. The monoisotopic (exact) mass is 275 g/mol. The minimum atomic E-state index is -0.521. The lowest BCUT2D eigenvalue weighted by molar-refractivity contribution is 0.222. The van der Waals surface area contributed by atoms with Crippen LogP contribution in [0.5, 0.6) is 0 Å². The number of hydrogen-bond donors (Lipinski definition) is 1. The maximum absolute atomic E-state index is 13.2. The quantitative estimate of drug-likeness (QED) is 0.913. The third-order valence-corrected chi connectivity index (χ3v) is 3.98. The van der Waals surface area contributed by atoms with Crippen LogP contribution in [0.3, 0.4) is 0 Å². The maximum atomic E-state index is 13.2. The standard InChI is InChI=1S/C15H18FN3O/c1-10-4-3-7-15(17,9-10)14-18-13(20-19-14)11-5-2-6-12(16)8-11/h2,5-6,8,10H,3-4,7,9,17H2,1H3. The van der Waals surface area contributed by atoms with Crippen LogP contribution in [0.15, 0.2) is 28.8 Å². The topological polar surface area (TPSA) is 64.9 Å². The summed E-state index contributed by atoms with van der Waals surface area (Å²) in [6.07, 6.45) is 3.98. The third kappa shape index (κ3) is 2.45. The zero-order chi connectivity index (χ0) is 14.2. The van der Waals surface area contributed by atoms with E-state index in [1.54, 1.807) is 12.1 Å². The van der Waals surface area contributed by atoms with Gasteiger partial charge in [0, 0.05) is 5.56 Å². The second-order valence-corrected chi connectivity index (χ2v) is 5.79. The second-order valence-electron chi connectivity index (χ2n) is 5.79. The maximum Gasteiger partial charge on any atom is 0.258 e. The molecule has 0 amide bonds. The van der Waals surface area contributed by atoms with Gasteiger partial charge in [0.15, 0.2) is 5.82 Å². The van der Waals surface area contributed by atoms with Gasteiger partial charge in [0.05, 0.1) is 5.54 Å². The summed E-state index contributed by atoms with van der Waals surface area (Å²) in [4.78, 5) is 4.38. The number of rotatable bonds is 2. The van der Waals surface area contributed by atoms with Crippen molar-refractivity contribution < 1.29 is 8.91 Å². The van der Waals surface area contributed by atoms with Crippen LogP contribution in [0.1, 0.15) is 38.4 Å².